The fourth-order valence-electron chi connectivity index (χ4n) is 1.75. The van der Waals surface area contributed by atoms with E-state index in [0.29, 0.717) is 5.56 Å². The van der Waals surface area contributed by atoms with E-state index in [1.54, 1.807) is 6.07 Å². The van der Waals surface area contributed by atoms with E-state index < -0.39 is 10.0 Å². The van der Waals surface area contributed by atoms with Gasteiger partial charge in [0.15, 0.2) is 0 Å². The zero-order chi connectivity index (χ0) is 15.2. The zero-order valence-electron chi connectivity index (χ0n) is 11.2. The fourth-order valence-corrected chi connectivity index (χ4v) is 3.36. The summed E-state index contributed by atoms with van der Waals surface area (Å²) in [7, 11) is -3.61. The van der Waals surface area contributed by atoms with Gasteiger partial charge in [0.05, 0.1) is 23.4 Å². The maximum atomic E-state index is 12.3. The number of thiocarbonyl (C=S) groups is 1. The summed E-state index contributed by atoms with van der Waals surface area (Å²) in [6.45, 7) is 1.63. The van der Waals surface area contributed by atoms with E-state index in [1.165, 1.54) is 0 Å². The molecule has 0 spiro atoms. The van der Waals surface area contributed by atoms with Gasteiger partial charge < -0.3 is 5.73 Å². The van der Waals surface area contributed by atoms with Crippen molar-refractivity contribution in [1.29, 1.82) is 5.26 Å². The molecule has 5 nitrogen and oxygen atoms in total. The summed E-state index contributed by atoms with van der Waals surface area (Å²) in [6.07, 6.45) is 0.836. The van der Waals surface area contributed by atoms with Crippen molar-refractivity contribution < 1.29 is 8.42 Å². The van der Waals surface area contributed by atoms with Gasteiger partial charge in [-0.2, -0.15) is 9.57 Å². The van der Waals surface area contributed by atoms with Crippen molar-refractivity contribution in [3.63, 3.8) is 0 Å². The number of sulfonamides is 1. The van der Waals surface area contributed by atoms with E-state index in [4.69, 9.17) is 23.2 Å². The molecular formula is C13H17N3O2S2. The molecule has 108 valence electrons. The normalized spacial score (nSPS) is 11.2. The highest BCUT2D eigenvalue weighted by molar-refractivity contribution is 7.88. The Kier molecular flexibility index (Phi) is 6.07. The highest BCUT2D eigenvalue weighted by atomic mass is 32.2. The van der Waals surface area contributed by atoms with Crippen LogP contribution in [0, 0.1) is 11.3 Å². The topological polar surface area (TPSA) is 87.2 Å². The standard InChI is InChI=1S/C13H17N3O2S2/c1-2-11-4-3-5-12(8-11)10-20(17,18)16(7-6-14)9-13(15)19/h3-5,8H,2,7,9-10H2,1H3,(H2,15,19). The molecule has 2 N–H and O–H groups in total. The molecule has 0 radical (unpaired) electrons. The van der Waals surface area contributed by atoms with E-state index >= 15 is 0 Å². The number of benzene rings is 1. The first-order valence-electron chi connectivity index (χ1n) is 6.10. The highest BCUT2D eigenvalue weighted by Gasteiger charge is 2.23. The molecule has 0 amide bonds. The third-order valence-corrected chi connectivity index (χ3v) is 4.59. The van der Waals surface area contributed by atoms with Crippen molar-refractivity contribution >= 4 is 27.2 Å². The quantitative estimate of drug-likeness (QED) is 0.604. The van der Waals surface area contributed by atoms with Crippen LogP contribution in [0.2, 0.25) is 0 Å². The van der Waals surface area contributed by atoms with Gasteiger partial charge in [-0.25, -0.2) is 8.42 Å². The number of nitrogens with two attached hydrogens (primary N) is 1. The van der Waals surface area contributed by atoms with Gasteiger partial charge in [-0.15, -0.1) is 0 Å². The number of hydrogen-bond acceptors (Lipinski definition) is 4. The first-order valence-corrected chi connectivity index (χ1v) is 8.11. The second kappa shape index (κ2) is 7.33. The maximum absolute atomic E-state index is 12.3. The predicted octanol–water partition coefficient (Wildman–Crippen LogP) is 1.19. The molecular weight excluding hydrogens is 294 g/mol. The molecule has 0 heterocycles. The Morgan fingerprint density at radius 3 is 2.65 bits per heavy atom. The monoisotopic (exact) mass is 311 g/mol. The molecule has 0 aliphatic heterocycles. The molecule has 1 aromatic rings. The van der Waals surface area contributed by atoms with Crippen LogP contribution in [-0.4, -0.2) is 30.8 Å². The Bertz CT molecular complexity index is 621. The molecule has 0 unspecified atom stereocenters. The second-order valence-electron chi connectivity index (χ2n) is 4.32. The molecule has 7 heteroatoms. The van der Waals surface area contributed by atoms with Crippen molar-refractivity contribution in [2.75, 3.05) is 13.1 Å². The summed E-state index contributed by atoms with van der Waals surface area (Å²) < 4.78 is 25.6. The average molecular weight is 311 g/mol. The van der Waals surface area contributed by atoms with E-state index in [9.17, 15) is 8.42 Å². The molecule has 0 bridgehead atoms. The van der Waals surface area contributed by atoms with Crippen LogP contribution in [0.15, 0.2) is 24.3 Å². The van der Waals surface area contributed by atoms with Crippen LogP contribution in [0.1, 0.15) is 18.1 Å². The average Bonchev–Trinajstić information content (AvgIpc) is 2.37. The Balaban J connectivity index is 2.96. The van der Waals surface area contributed by atoms with Gasteiger partial charge in [-0.1, -0.05) is 43.4 Å². The first kappa shape index (κ1) is 16.6. The van der Waals surface area contributed by atoms with Gasteiger partial charge in [0.1, 0.15) is 6.54 Å². The van der Waals surface area contributed by atoms with E-state index in [2.05, 4.69) is 0 Å². The number of nitriles is 1. The van der Waals surface area contributed by atoms with Crippen molar-refractivity contribution in [2.45, 2.75) is 19.1 Å². The van der Waals surface area contributed by atoms with Crippen LogP contribution in [-0.2, 0) is 22.2 Å². The lowest BCUT2D eigenvalue weighted by atomic mass is 10.1. The Labute approximate surface area is 125 Å². The molecule has 0 atom stereocenters. The summed E-state index contributed by atoms with van der Waals surface area (Å²) >= 11 is 4.72. The van der Waals surface area contributed by atoms with Crippen LogP contribution in [0.5, 0.6) is 0 Å². The first-order chi connectivity index (χ1) is 9.39. The van der Waals surface area contributed by atoms with Crippen molar-refractivity contribution in [2.24, 2.45) is 5.73 Å². The van der Waals surface area contributed by atoms with Gasteiger partial charge in [-0.05, 0) is 17.5 Å². The Morgan fingerprint density at radius 1 is 1.45 bits per heavy atom. The lowest BCUT2D eigenvalue weighted by Crippen LogP contribution is -2.38. The number of rotatable bonds is 7. The van der Waals surface area contributed by atoms with Crippen molar-refractivity contribution in [3.8, 4) is 6.07 Å². The van der Waals surface area contributed by atoms with Gasteiger partial charge in [-0.3, -0.25) is 0 Å². The minimum absolute atomic E-state index is 0.0473. The molecule has 0 aliphatic rings. The van der Waals surface area contributed by atoms with E-state index in [-0.39, 0.29) is 23.8 Å². The Morgan fingerprint density at radius 2 is 2.10 bits per heavy atom. The third kappa shape index (κ3) is 4.89. The van der Waals surface area contributed by atoms with Gasteiger partial charge >= 0.3 is 0 Å². The molecule has 0 saturated carbocycles. The number of aryl methyl sites for hydroxylation is 1. The van der Waals surface area contributed by atoms with E-state index in [1.807, 2.05) is 31.2 Å². The lowest BCUT2D eigenvalue weighted by molar-refractivity contribution is 0.483. The minimum Gasteiger partial charge on any atom is -0.392 e. The van der Waals surface area contributed by atoms with Crippen LogP contribution in [0.3, 0.4) is 0 Å². The van der Waals surface area contributed by atoms with Gasteiger partial charge in [0, 0.05) is 0 Å². The molecule has 0 saturated heterocycles. The smallest absolute Gasteiger partial charge is 0.219 e. The molecule has 20 heavy (non-hydrogen) atoms. The molecule has 1 aromatic carbocycles. The zero-order valence-corrected chi connectivity index (χ0v) is 12.9. The second-order valence-corrected chi connectivity index (χ2v) is 6.82. The Hall–Kier alpha value is -1.49. The minimum atomic E-state index is -3.61. The predicted molar refractivity (Wildman–Crippen MR) is 82.4 cm³/mol. The van der Waals surface area contributed by atoms with Crippen molar-refractivity contribution in [1.82, 2.24) is 4.31 Å². The third-order valence-electron chi connectivity index (χ3n) is 2.72. The van der Waals surface area contributed by atoms with Crippen LogP contribution in [0.4, 0.5) is 0 Å². The van der Waals surface area contributed by atoms with Crippen LogP contribution < -0.4 is 5.73 Å². The number of hydrogen-bond donors (Lipinski definition) is 1. The summed E-state index contributed by atoms with van der Waals surface area (Å²) in [4.78, 5) is 0.0473. The van der Waals surface area contributed by atoms with Crippen molar-refractivity contribution in [3.05, 3.63) is 35.4 Å². The molecule has 0 aliphatic carbocycles. The molecule has 0 fully saturated rings. The largest absolute Gasteiger partial charge is 0.392 e. The lowest BCUT2D eigenvalue weighted by Gasteiger charge is -2.18. The van der Waals surface area contributed by atoms with E-state index in [0.717, 1.165) is 16.3 Å². The SMILES string of the molecule is CCc1cccc(CS(=O)(=O)N(CC#N)CC(N)=S)c1. The summed E-state index contributed by atoms with van der Waals surface area (Å²) in [5.41, 5.74) is 7.13. The van der Waals surface area contributed by atoms with Gasteiger partial charge in [0.2, 0.25) is 10.0 Å². The summed E-state index contributed by atoms with van der Waals surface area (Å²) in [6, 6.07) is 9.19. The van der Waals surface area contributed by atoms with Crippen LogP contribution >= 0.6 is 12.2 Å². The summed E-state index contributed by atoms with van der Waals surface area (Å²) in [5.74, 6) is -0.162. The highest BCUT2D eigenvalue weighted by Crippen LogP contribution is 2.13. The number of nitrogens with zero attached hydrogens (tertiary/aromatic N) is 2. The van der Waals surface area contributed by atoms with Crippen LogP contribution in [0.25, 0.3) is 0 Å². The van der Waals surface area contributed by atoms with Gasteiger partial charge in [0.25, 0.3) is 0 Å². The summed E-state index contributed by atoms with van der Waals surface area (Å²) in [5, 5.41) is 8.72. The molecule has 0 aromatic heterocycles. The maximum Gasteiger partial charge on any atom is 0.219 e. The fraction of sp³-hybridized carbons (Fsp3) is 0.385. The molecule has 1 rings (SSSR count).